The van der Waals surface area contributed by atoms with Gasteiger partial charge in [-0.25, -0.2) is 8.78 Å². The molecular formula is C51H56ClF2N11O3. The topological polar surface area (TPSA) is 150 Å². The van der Waals surface area contributed by atoms with Crippen LogP contribution in [0.4, 0.5) is 26.1 Å². The smallest absolute Gasteiger partial charge is 0.272 e. The Balaban J connectivity index is 0.702. The summed E-state index contributed by atoms with van der Waals surface area (Å²) in [5.41, 5.74) is 6.56. The molecule has 0 atom stereocenters. The molecule has 354 valence electrons. The third-order valence-electron chi connectivity index (χ3n) is 16.0. The van der Waals surface area contributed by atoms with Gasteiger partial charge >= 0.3 is 0 Å². The number of hydrogen-bond acceptors (Lipinski definition) is 10. The summed E-state index contributed by atoms with van der Waals surface area (Å²) in [5.74, 6) is 2.05. The van der Waals surface area contributed by atoms with Crippen molar-refractivity contribution < 1.29 is 23.1 Å². The monoisotopic (exact) mass is 943 g/mol. The van der Waals surface area contributed by atoms with Crippen LogP contribution in [0.2, 0.25) is 5.02 Å². The number of carbonyl (C=O) groups is 2. The van der Waals surface area contributed by atoms with Crippen LogP contribution in [-0.2, 0) is 31.2 Å². The molecule has 1 N–H and O–H groups in total. The molecular weight excluding hydrogens is 888 g/mol. The van der Waals surface area contributed by atoms with Gasteiger partial charge in [0.15, 0.2) is 17.3 Å². The van der Waals surface area contributed by atoms with Gasteiger partial charge in [-0.3, -0.25) is 19.0 Å². The zero-order chi connectivity index (χ0) is 46.9. The molecule has 6 heterocycles. The van der Waals surface area contributed by atoms with Crippen molar-refractivity contribution in [2.45, 2.75) is 122 Å². The number of amides is 2. The van der Waals surface area contributed by atoms with Crippen molar-refractivity contribution in [3.63, 3.8) is 0 Å². The first kappa shape index (κ1) is 44.4. The fraction of sp³-hybridized carbons (Fsp3) is 0.510. The van der Waals surface area contributed by atoms with E-state index in [1.165, 1.54) is 18.5 Å². The van der Waals surface area contributed by atoms with Crippen molar-refractivity contribution in [2.24, 2.45) is 17.9 Å². The third kappa shape index (κ3) is 8.24. The molecule has 2 spiro atoms. The first-order valence-electron chi connectivity index (χ1n) is 24.2. The first-order valence-corrected chi connectivity index (χ1v) is 24.6. The second-order valence-corrected chi connectivity index (χ2v) is 20.8. The van der Waals surface area contributed by atoms with Crippen LogP contribution in [0.1, 0.15) is 128 Å². The van der Waals surface area contributed by atoms with E-state index in [9.17, 15) is 18.4 Å². The van der Waals surface area contributed by atoms with Crippen molar-refractivity contribution in [3.05, 3.63) is 93.5 Å². The van der Waals surface area contributed by atoms with Gasteiger partial charge in [0.2, 0.25) is 5.91 Å². The van der Waals surface area contributed by atoms with E-state index in [0.29, 0.717) is 63.6 Å². The highest BCUT2D eigenvalue weighted by atomic mass is 35.5. The number of hydrogen-bond donors (Lipinski definition) is 1. The fourth-order valence-corrected chi connectivity index (χ4v) is 12.8. The van der Waals surface area contributed by atoms with Crippen LogP contribution in [0, 0.1) is 22.2 Å². The maximum Gasteiger partial charge on any atom is 0.272 e. The number of nitrogens with zero attached hydrogens (tertiary/aromatic N) is 10. The summed E-state index contributed by atoms with van der Waals surface area (Å²) in [7, 11) is 1.79. The summed E-state index contributed by atoms with van der Waals surface area (Å²) in [5, 5.41) is 31.1. The van der Waals surface area contributed by atoms with Crippen molar-refractivity contribution in [1.82, 2.24) is 40.0 Å². The van der Waals surface area contributed by atoms with Gasteiger partial charge in [0.25, 0.3) is 12.3 Å². The Labute approximate surface area is 399 Å². The Morgan fingerprint density at radius 1 is 0.971 bits per heavy atom. The zero-order valence-corrected chi connectivity index (χ0v) is 39.3. The number of nitrogens with one attached hydrogen (secondary N) is 1. The molecule has 2 amide bonds. The van der Waals surface area contributed by atoms with Gasteiger partial charge in [-0.2, -0.15) is 15.5 Å². The molecule has 3 aromatic heterocycles. The van der Waals surface area contributed by atoms with Gasteiger partial charge in [0, 0.05) is 92.9 Å². The van der Waals surface area contributed by atoms with Gasteiger partial charge in [0.05, 0.1) is 35.5 Å². The minimum Gasteiger partial charge on any atom is -0.490 e. The molecule has 0 bridgehead atoms. The lowest BCUT2D eigenvalue weighted by atomic mass is 9.42. The minimum absolute atomic E-state index is 0.00880. The van der Waals surface area contributed by atoms with Crippen LogP contribution in [0.15, 0.2) is 54.9 Å². The molecule has 17 heteroatoms. The fourth-order valence-electron chi connectivity index (χ4n) is 12.6. The minimum atomic E-state index is -2.65. The second-order valence-electron chi connectivity index (χ2n) is 20.4. The Kier molecular flexibility index (Phi) is 11.4. The van der Waals surface area contributed by atoms with Gasteiger partial charge in [-0.05, 0) is 135 Å². The van der Waals surface area contributed by atoms with Crippen molar-refractivity contribution in [2.75, 3.05) is 36.0 Å². The molecule has 3 aliphatic heterocycles. The maximum atomic E-state index is 14.8. The van der Waals surface area contributed by atoms with E-state index in [2.05, 4.69) is 41.2 Å². The van der Waals surface area contributed by atoms with E-state index in [4.69, 9.17) is 26.7 Å². The molecule has 0 unspecified atom stereocenters. The van der Waals surface area contributed by atoms with E-state index in [1.54, 1.807) is 61.4 Å². The number of halogens is 3. The quantitative estimate of drug-likeness (QED) is 0.152. The molecule has 5 aromatic rings. The lowest BCUT2D eigenvalue weighted by Crippen LogP contribution is -2.57. The predicted molar refractivity (Wildman–Crippen MR) is 252 cm³/mol. The van der Waals surface area contributed by atoms with Gasteiger partial charge < -0.3 is 24.8 Å². The summed E-state index contributed by atoms with van der Waals surface area (Å²) >= 11 is 6.18. The number of nitriles is 1. The van der Waals surface area contributed by atoms with E-state index in [1.807, 2.05) is 17.0 Å². The highest BCUT2D eigenvalue weighted by Gasteiger charge is 2.61. The van der Waals surface area contributed by atoms with E-state index in [0.717, 1.165) is 112 Å². The molecule has 68 heavy (non-hydrogen) atoms. The Bertz CT molecular complexity index is 2790. The molecule has 4 fully saturated rings. The highest BCUT2D eigenvalue weighted by molar-refractivity contribution is 6.31. The highest BCUT2D eigenvalue weighted by Crippen LogP contribution is 2.70. The normalized spacial score (nSPS) is 21.8. The number of piperidine rings is 1. The number of benzene rings is 2. The van der Waals surface area contributed by atoms with Gasteiger partial charge in [-0.1, -0.05) is 11.6 Å². The molecule has 14 nitrogen and oxygen atoms in total. The van der Waals surface area contributed by atoms with Gasteiger partial charge in [0.1, 0.15) is 11.8 Å². The van der Waals surface area contributed by atoms with Crippen LogP contribution in [0.5, 0.6) is 5.75 Å². The van der Waals surface area contributed by atoms with Crippen LogP contribution in [-0.4, -0.2) is 84.8 Å². The number of rotatable bonds is 9. The summed E-state index contributed by atoms with van der Waals surface area (Å²) in [6.07, 6.45) is 13.1. The number of anilines is 3. The predicted octanol–water partition coefficient (Wildman–Crippen LogP) is 9.05. The molecule has 3 saturated carbocycles. The molecule has 0 radical (unpaired) electrons. The first-order chi connectivity index (χ1) is 32.8. The number of ether oxygens (including phenoxy) is 1. The zero-order valence-electron chi connectivity index (χ0n) is 38.6. The summed E-state index contributed by atoms with van der Waals surface area (Å²) < 4.78 is 39.5. The van der Waals surface area contributed by atoms with Crippen LogP contribution in [0.3, 0.4) is 0 Å². The Hall–Kier alpha value is -6.08. The molecule has 2 aromatic carbocycles. The standard InChI is InChI=1S/C51H56ClF2N11O3/c1-31(66)63-17-13-44-41(28-63)48(64-16-3-4-32-20-39(34-26-56-61(2)27-34)40(47(53)54)22-45(32)64)60-65(44)36-23-51(24-36)29-50(30-51)14-18-62(19-15-50)46-12-11-43(58-59-46)49(67)57-35-6-9-37(10-7-35)68-38-8-5-33(25-55)42(52)21-38/h5,8,11-12,20-22,26-27,35-37,47H,3-4,6-7,9-10,13-19,23-24,28-30H2,1-2H3,(H,57,67). The van der Waals surface area contributed by atoms with Crippen LogP contribution >= 0.6 is 11.6 Å². The van der Waals surface area contributed by atoms with E-state index in [-0.39, 0.29) is 35.6 Å². The van der Waals surface area contributed by atoms with Crippen LogP contribution in [0.25, 0.3) is 11.1 Å². The van der Waals surface area contributed by atoms with Crippen molar-refractivity contribution in [1.29, 1.82) is 5.26 Å². The van der Waals surface area contributed by atoms with E-state index < -0.39 is 6.43 Å². The Morgan fingerprint density at radius 2 is 1.76 bits per heavy atom. The SMILES string of the molecule is CC(=O)N1CCc2c(c(N3CCCc4cc(-c5cnn(C)c5)c(C(F)F)cc43)nn2C2CC3(C2)CC2(CCN(c4ccc(C(=O)NC5CCC(Oc6ccc(C#N)c(Cl)c6)CC5)nn4)CC2)C3)C1. The molecule has 1 saturated heterocycles. The number of carbonyl (C=O) groups excluding carboxylic acids is 2. The van der Waals surface area contributed by atoms with Crippen molar-refractivity contribution >= 4 is 40.7 Å². The summed E-state index contributed by atoms with van der Waals surface area (Å²) in [6.45, 7) is 5.19. The number of alkyl halides is 2. The third-order valence-corrected chi connectivity index (χ3v) is 16.3. The van der Waals surface area contributed by atoms with Gasteiger partial charge in [-0.15, -0.1) is 10.2 Å². The Morgan fingerprint density at radius 3 is 2.44 bits per heavy atom. The molecule has 11 rings (SSSR count). The number of aryl methyl sites for hydroxylation is 2. The van der Waals surface area contributed by atoms with Crippen LogP contribution < -0.4 is 19.9 Å². The summed E-state index contributed by atoms with van der Waals surface area (Å²) in [6, 6.07) is 14.8. The lowest BCUT2D eigenvalue weighted by molar-refractivity contribution is -0.134. The number of fused-ring (bicyclic) bond motifs is 2. The largest absolute Gasteiger partial charge is 0.490 e. The lowest BCUT2D eigenvalue weighted by Gasteiger charge is -2.65. The van der Waals surface area contributed by atoms with Crippen molar-refractivity contribution in [3.8, 4) is 22.9 Å². The summed E-state index contributed by atoms with van der Waals surface area (Å²) in [4.78, 5) is 32.2. The second kappa shape index (κ2) is 17.5. The number of aromatic nitrogens is 6. The average molecular weight is 945 g/mol. The molecule has 6 aliphatic rings. The van der Waals surface area contributed by atoms with E-state index >= 15 is 0 Å². The maximum absolute atomic E-state index is 14.8. The molecule has 3 aliphatic carbocycles. The average Bonchev–Trinajstić information content (AvgIpc) is 3.93.